The van der Waals surface area contributed by atoms with Crippen LogP contribution in [0.4, 0.5) is 11.5 Å². The Morgan fingerprint density at radius 3 is 2.72 bits per heavy atom. The highest BCUT2D eigenvalue weighted by Crippen LogP contribution is 2.39. The van der Waals surface area contributed by atoms with Gasteiger partial charge in [0.1, 0.15) is 34.3 Å². The Kier molecular flexibility index (Phi) is 6.16. The van der Waals surface area contributed by atoms with Crippen molar-refractivity contribution < 1.29 is 9.21 Å². The van der Waals surface area contributed by atoms with E-state index >= 15 is 0 Å². The van der Waals surface area contributed by atoms with Gasteiger partial charge in [0.25, 0.3) is 0 Å². The molecule has 7 nitrogen and oxygen atoms in total. The van der Waals surface area contributed by atoms with E-state index in [4.69, 9.17) is 10.2 Å². The number of pyridine rings is 1. The minimum atomic E-state index is -0.461. The number of fused-ring (bicyclic) bond motifs is 1. The number of aryl methyl sites for hydroxylation is 1. The van der Waals surface area contributed by atoms with Gasteiger partial charge in [0, 0.05) is 12.2 Å². The van der Waals surface area contributed by atoms with E-state index in [0.29, 0.717) is 29.3 Å². The molecule has 0 aliphatic carbocycles. The van der Waals surface area contributed by atoms with Gasteiger partial charge in [-0.15, -0.1) is 0 Å². The maximum atomic E-state index is 13.5. The van der Waals surface area contributed by atoms with Gasteiger partial charge in [-0.2, -0.15) is 10.5 Å². The topological polar surface area (TPSA) is 120 Å². The van der Waals surface area contributed by atoms with Crippen molar-refractivity contribution >= 4 is 29.2 Å². The summed E-state index contributed by atoms with van der Waals surface area (Å²) in [6.45, 7) is 2.58. The van der Waals surface area contributed by atoms with Gasteiger partial charge in [-0.05, 0) is 43.0 Å². The highest BCUT2D eigenvalue weighted by Gasteiger charge is 2.31. The molecule has 0 saturated heterocycles. The van der Waals surface area contributed by atoms with Crippen molar-refractivity contribution in [1.29, 1.82) is 10.5 Å². The number of hydrogen-bond acceptors (Lipinski definition) is 7. The number of anilines is 2. The minimum absolute atomic E-state index is 0.00557. The van der Waals surface area contributed by atoms with Gasteiger partial charge in [-0.1, -0.05) is 36.9 Å². The predicted octanol–water partition coefficient (Wildman–Crippen LogP) is 4.52. The van der Waals surface area contributed by atoms with E-state index in [1.165, 1.54) is 18.0 Å². The number of hydrogen-bond donors (Lipinski definition) is 1. The van der Waals surface area contributed by atoms with Crippen LogP contribution in [0.5, 0.6) is 0 Å². The van der Waals surface area contributed by atoms with Crippen LogP contribution >= 0.6 is 11.8 Å². The van der Waals surface area contributed by atoms with Gasteiger partial charge in [-0.3, -0.25) is 4.79 Å². The Morgan fingerprint density at radius 1 is 1.25 bits per heavy atom. The molecule has 1 aliphatic heterocycles. The van der Waals surface area contributed by atoms with Crippen molar-refractivity contribution in [3.8, 4) is 23.5 Å². The fourth-order valence-electron chi connectivity index (χ4n) is 3.93. The van der Waals surface area contributed by atoms with E-state index in [1.54, 1.807) is 12.1 Å². The quantitative estimate of drug-likeness (QED) is 0.576. The maximum Gasteiger partial charge on any atom is 0.240 e. The second-order valence-electron chi connectivity index (χ2n) is 7.36. The lowest BCUT2D eigenvalue weighted by atomic mass is 10.0. The normalized spacial score (nSPS) is 13.7. The van der Waals surface area contributed by atoms with Crippen molar-refractivity contribution in [3.63, 3.8) is 0 Å². The number of carbonyl (C=O) groups is 1. The van der Waals surface area contributed by atoms with E-state index in [9.17, 15) is 15.3 Å². The summed E-state index contributed by atoms with van der Waals surface area (Å²) in [6.07, 6.45) is 3.86. The van der Waals surface area contributed by atoms with E-state index in [2.05, 4.69) is 17.1 Å². The van der Waals surface area contributed by atoms with Crippen LogP contribution in [0.3, 0.4) is 0 Å². The van der Waals surface area contributed by atoms with Crippen LogP contribution in [0.25, 0.3) is 11.3 Å². The Balaban J connectivity index is 1.73. The number of aromatic nitrogens is 1. The average molecular weight is 444 g/mol. The molecule has 0 saturated carbocycles. The zero-order valence-corrected chi connectivity index (χ0v) is 18.4. The molecular weight excluding hydrogens is 422 g/mol. The van der Waals surface area contributed by atoms with Crippen molar-refractivity contribution in [3.05, 3.63) is 59.4 Å². The summed E-state index contributed by atoms with van der Waals surface area (Å²) >= 11 is 1.21. The summed E-state index contributed by atoms with van der Waals surface area (Å²) in [7, 11) is 0. The summed E-state index contributed by atoms with van der Waals surface area (Å²) in [4.78, 5) is 19.7. The molecule has 3 heterocycles. The first-order chi connectivity index (χ1) is 15.6. The molecule has 0 fully saturated rings. The van der Waals surface area contributed by atoms with Crippen LogP contribution in [0.1, 0.15) is 36.5 Å². The molecule has 1 aromatic carbocycles. The van der Waals surface area contributed by atoms with E-state index < -0.39 is 5.25 Å². The van der Waals surface area contributed by atoms with Crippen molar-refractivity contribution in [1.82, 2.24) is 4.98 Å². The number of nitrogens with two attached hydrogens (primary N) is 1. The van der Waals surface area contributed by atoms with E-state index in [0.717, 1.165) is 24.1 Å². The molecule has 0 spiro atoms. The number of thioether (sulfide) groups is 1. The summed E-state index contributed by atoms with van der Waals surface area (Å²) in [5, 5.41) is 19.4. The SMILES string of the molecule is CCC(Sc1nc(N)c(C#N)c(-c2ccco2)c1C#N)C(=O)N1CCCc2ccccc21. The fourth-order valence-corrected chi connectivity index (χ4v) is 5.01. The first-order valence-corrected chi connectivity index (χ1v) is 11.2. The van der Waals surface area contributed by atoms with Gasteiger partial charge in [0.2, 0.25) is 5.91 Å². The number of rotatable bonds is 5. The number of carbonyl (C=O) groups excluding carboxylic acids is 1. The molecule has 32 heavy (non-hydrogen) atoms. The van der Waals surface area contributed by atoms with Gasteiger partial charge in [0.15, 0.2) is 0 Å². The van der Waals surface area contributed by atoms with Gasteiger partial charge in [-0.25, -0.2) is 4.98 Å². The van der Waals surface area contributed by atoms with Crippen LogP contribution in [0.2, 0.25) is 0 Å². The largest absolute Gasteiger partial charge is 0.464 e. The van der Waals surface area contributed by atoms with Gasteiger partial charge in [0.05, 0.1) is 22.6 Å². The molecule has 8 heteroatoms. The van der Waals surface area contributed by atoms with Crippen LogP contribution in [0.15, 0.2) is 52.1 Å². The molecule has 1 unspecified atom stereocenters. The Labute approximate surface area is 190 Å². The zero-order valence-electron chi connectivity index (χ0n) is 17.5. The first-order valence-electron chi connectivity index (χ1n) is 10.3. The van der Waals surface area contributed by atoms with E-state index in [1.807, 2.05) is 36.1 Å². The van der Waals surface area contributed by atoms with Crippen LogP contribution in [-0.4, -0.2) is 22.7 Å². The summed E-state index contributed by atoms with van der Waals surface area (Å²) in [5.41, 5.74) is 8.74. The molecular formula is C24H21N5O2S. The maximum absolute atomic E-state index is 13.5. The lowest BCUT2D eigenvalue weighted by molar-refractivity contribution is -0.118. The molecule has 4 rings (SSSR count). The molecule has 160 valence electrons. The highest BCUT2D eigenvalue weighted by molar-refractivity contribution is 8.00. The van der Waals surface area contributed by atoms with Crippen molar-refractivity contribution in [2.24, 2.45) is 0 Å². The average Bonchev–Trinajstić information content (AvgIpc) is 3.36. The highest BCUT2D eigenvalue weighted by atomic mass is 32.2. The number of amides is 1. The molecule has 3 aromatic rings. The number of furan rings is 1. The third kappa shape index (κ3) is 3.81. The number of nitrogen functional groups attached to an aromatic ring is 1. The zero-order chi connectivity index (χ0) is 22.7. The van der Waals surface area contributed by atoms with E-state index in [-0.39, 0.29) is 22.9 Å². The Morgan fingerprint density at radius 2 is 2.03 bits per heavy atom. The lowest BCUT2D eigenvalue weighted by Gasteiger charge is -2.32. The van der Waals surface area contributed by atoms with Crippen LogP contribution in [0, 0.1) is 22.7 Å². The van der Waals surface area contributed by atoms with Gasteiger partial charge < -0.3 is 15.1 Å². The second kappa shape index (κ2) is 9.17. The van der Waals surface area contributed by atoms with Gasteiger partial charge >= 0.3 is 0 Å². The Hall–Kier alpha value is -3.75. The smallest absolute Gasteiger partial charge is 0.240 e. The molecule has 1 atom stereocenters. The Bertz CT molecular complexity index is 1240. The van der Waals surface area contributed by atoms with Crippen molar-refractivity contribution in [2.45, 2.75) is 36.5 Å². The third-order valence-corrected chi connectivity index (χ3v) is 6.80. The molecule has 1 aliphatic rings. The fraction of sp³-hybridized carbons (Fsp3) is 0.250. The number of nitrogens with zero attached hydrogens (tertiary/aromatic N) is 4. The molecule has 1 amide bonds. The molecule has 0 bridgehead atoms. The molecule has 2 N–H and O–H groups in total. The number of nitriles is 2. The van der Waals surface area contributed by atoms with Crippen molar-refractivity contribution in [2.75, 3.05) is 17.2 Å². The van der Waals surface area contributed by atoms with Crippen LogP contribution in [-0.2, 0) is 11.2 Å². The minimum Gasteiger partial charge on any atom is -0.464 e. The standard InChI is InChI=1S/C24H21N5O2S/c1-2-20(24(30)29-11-5-8-15-7-3-4-9-18(15)29)32-23-17(14-26)21(19-10-6-12-31-19)16(13-25)22(27)28-23/h3-4,6-7,9-10,12,20H,2,5,8,11H2,1H3,(H2,27,28). The lowest BCUT2D eigenvalue weighted by Crippen LogP contribution is -2.41. The first kappa shape index (κ1) is 21.5. The number of benzene rings is 1. The molecule has 0 radical (unpaired) electrons. The number of para-hydroxylation sites is 1. The summed E-state index contributed by atoms with van der Waals surface area (Å²) in [6, 6.07) is 15.4. The molecule has 2 aromatic heterocycles. The second-order valence-corrected chi connectivity index (χ2v) is 8.56. The van der Waals surface area contributed by atoms with Crippen LogP contribution < -0.4 is 10.6 Å². The summed E-state index contributed by atoms with van der Waals surface area (Å²) in [5.74, 6) is 0.335. The third-order valence-electron chi connectivity index (χ3n) is 5.46. The summed E-state index contributed by atoms with van der Waals surface area (Å²) < 4.78 is 5.46. The monoisotopic (exact) mass is 443 g/mol. The predicted molar refractivity (Wildman–Crippen MR) is 123 cm³/mol.